The predicted molar refractivity (Wildman–Crippen MR) is 168 cm³/mol. The van der Waals surface area contributed by atoms with Crippen LogP contribution >= 0.6 is 11.6 Å². The van der Waals surface area contributed by atoms with Gasteiger partial charge >= 0.3 is 6.09 Å². The van der Waals surface area contributed by atoms with Gasteiger partial charge in [0.15, 0.2) is 20.7 Å². The summed E-state index contributed by atoms with van der Waals surface area (Å²) in [7, 11) is -2.08. The summed E-state index contributed by atoms with van der Waals surface area (Å²) in [6.07, 6.45) is 2.54. The van der Waals surface area contributed by atoms with Crippen molar-refractivity contribution in [1.82, 2.24) is 19.9 Å². The van der Waals surface area contributed by atoms with Gasteiger partial charge in [0.2, 0.25) is 5.95 Å². The van der Waals surface area contributed by atoms with Gasteiger partial charge in [0, 0.05) is 44.1 Å². The van der Waals surface area contributed by atoms with Crippen LogP contribution in [0.4, 0.5) is 33.6 Å². The molecular weight excluding hydrogens is 594 g/mol. The number of halogens is 1. The highest BCUT2D eigenvalue weighted by atomic mass is 35.5. The molecule has 0 spiro atoms. The van der Waals surface area contributed by atoms with Crippen LogP contribution in [0.5, 0.6) is 5.75 Å². The van der Waals surface area contributed by atoms with Crippen molar-refractivity contribution < 1.29 is 22.7 Å². The van der Waals surface area contributed by atoms with Crippen LogP contribution in [-0.2, 0) is 14.6 Å². The van der Waals surface area contributed by atoms with Crippen molar-refractivity contribution in [3.63, 3.8) is 0 Å². The average molecular weight is 632 g/mol. The number of methoxy groups -OCH3 is 1. The molecule has 1 fully saturated rings. The Morgan fingerprint density at radius 3 is 2.40 bits per heavy atom. The molecule has 1 aromatic carbocycles. The summed E-state index contributed by atoms with van der Waals surface area (Å²) in [5, 5.41) is 5.64. The molecule has 3 aromatic rings. The van der Waals surface area contributed by atoms with E-state index in [9.17, 15) is 13.2 Å². The molecule has 232 valence electrons. The normalized spacial score (nSPS) is 14.1. The molecule has 0 unspecified atom stereocenters. The van der Waals surface area contributed by atoms with E-state index in [1.807, 2.05) is 39.8 Å². The van der Waals surface area contributed by atoms with Crippen molar-refractivity contribution in [2.24, 2.45) is 0 Å². The molecule has 3 heterocycles. The molecule has 2 aromatic heterocycles. The van der Waals surface area contributed by atoms with E-state index in [4.69, 9.17) is 21.1 Å². The molecule has 43 heavy (non-hydrogen) atoms. The Morgan fingerprint density at radius 2 is 1.77 bits per heavy atom. The molecule has 0 atom stereocenters. The fourth-order valence-corrected chi connectivity index (χ4v) is 5.66. The van der Waals surface area contributed by atoms with Crippen molar-refractivity contribution in [2.75, 3.05) is 48.8 Å². The first kappa shape index (κ1) is 32.1. The quantitative estimate of drug-likeness (QED) is 0.323. The summed E-state index contributed by atoms with van der Waals surface area (Å²) in [5.74, 6) is 1.00. The molecule has 1 aliphatic rings. The van der Waals surface area contributed by atoms with Crippen molar-refractivity contribution in [2.45, 2.75) is 57.4 Å². The summed E-state index contributed by atoms with van der Waals surface area (Å²) < 4.78 is 36.9. The molecule has 12 nitrogen and oxygen atoms in total. The first-order chi connectivity index (χ1) is 20.2. The number of aryl methyl sites for hydroxylation is 1. The predicted octanol–water partition coefficient (Wildman–Crippen LogP) is 5.57. The molecule has 0 radical (unpaired) electrons. The van der Waals surface area contributed by atoms with Crippen LogP contribution in [0.25, 0.3) is 0 Å². The topological polar surface area (TPSA) is 139 Å². The fraction of sp³-hybridized carbons (Fsp3) is 0.448. The third-order valence-electron chi connectivity index (χ3n) is 6.70. The number of amides is 1. The number of hydrogen-bond donors (Lipinski definition) is 2. The maximum atomic E-state index is 12.9. The van der Waals surface area contributed by atoms with Crippen molar-refractivity contribution in [1.29, 1.82) is 0 Å². The Kier molecular flexibility index (Phi) is 9.55. The monoisotopic (exact) mass is 631 g/mol. The SMILES string of the molecule is COc1cc(N2CCN(C(=O)OC(C)(C)C)CC2)c(C)cc1Nc1ncc(Cl)c(Nc2cccnc2S(=O)(=O)C(C)C)n1. The number of carbonyl (C=O) groups excluding carboxylic acids is 1. The van der Waals surface area contributed by atoms with Crippen LogP contribution in [-0.4, -0.2) is 78.5 Å². The van der Waals surface area contributed by atoms with Crippen LogP contribution < -0.4 is 20.3 Å². The Balaban J connectivity index is 1.53. The standard InChI is InChI=1S/C29H38ClN7O5S/c1-18(2)43(39,40)26-21(9-8-10-31-26)33-25-20(30)17-32-27(35-25)34-22-15-19(3)23(16-24(22)41-7)36-11-13-37(14-12-36)28(38)42-29(4,5)6/h8-10,15-18H,11-14H2,1-7H3,(H2,32,33,34,35). The molecule has 0 bridgehead atoms. The van der Waals surface area contributed by atoms with E-state index in [-0.39, 0.29) is 33.6 Å². The number of benzene rings is 1. The number of carbonyl (C=O) groups is 1. The summed E-state index contributed by atoms with van der Waals surface area (Å²) in [6.45, 7) is 13.1. The van der Waals surface area contributed by atoms with E-state index in [1.54, 1.807) is 38.0 Å². The van der Waals surface area contributed by atoms with Gasteiger partial charge in [-0.2, -0.15) is 4.98 Å². The zero-order valence-corrected chi connectivity index (χ0v) is 27.0. The van der Waals surface area contributed by atoms with Gasteiger partial charge in [-0.3, -0.25) is 0 Å². The molecule has 14 heteroatoms. The van der Waals surface area contributed by atoms with E-state index in [1.165, 1.54) is 12.4 Å². The summed E-state index contributed by atoms with van der Waals surface area (Å²) in [4.78, 5) is 29.3. The number of pyridine rings is 1. The lowest BCUT2D eigenvalue weighted by atomic mass is 10.1. The lowest BCUT2D eigenvalue weighted by Crippen LogP contribution is -2.50. The van der Waals surface area contributed by atoms with Crippen molar-refractivity contribution in [3.8, 4) is 5.75 Å². The molecule has 1 amide bonds. The minimum Gasteiger partial charge on any atom is -0.494 e. The Labute approximate surface area is 257 Å². The minimum absolute atomic E-state index is 0.0889. The molecule has 0 aliphatic carbocycles. The van der Waals surface area contributed by atoms with E-state index >= 15 is 0 Å². The van der Waals surface area contributed by atoms with Crippen LogP contribution in [0.1, 0.15) is 40.2 Å². The molecule has 2 N–H and O–H groups in total. The van der Waals surface area contributed by atoms with Gasteiger partial charge < -0.3 is 29.9 Å². The number of rotatable bonds is 8. The van der Waals surface area contributed by atoms with Crippen molar-refractivity contribution >= 4 is 56.4 Å². The van der Waals surface area contributed by atoms with Crippen LogP contribution in [0, 0.1) is 6.92 Å². The van der Waals surface area contributed by atoms with Gasteiger partial charge in [-0.1, -0.05) is 11.6 Å². The Morgan fingerprint density at radius 1 is 1.07 bits per heavy atom. The Hall–Kier alpha value is -3.84. The second-order valence-corrected chi connectivity index (χ2v) is 14.2. The number of piperazine rings is 1. The van der Waals surface area contributed by atoms with Crippen molar-refractivity contribution in [3.05, 3.63) is 47.2 Å². The lowest BCUT2D eigenvalue weighted by molar-refractivity contribution is 0.0240. The third kappa shape index (κ3) is 7.57. The second-order valence-electron chi connectivity index (χ2n) is 11.4. The largest absolute Gasteiger partial charge is 0.494 e. The zero-order chi connectivity index (χ0) is 31.5. The van der Waals surface area contributed by atoms with Crippen LogP contribution in [0.3, 0.4) is 0 Å². The summed E-state index contributed by atoms with van der Waals surface area (Å²) in [5.41, 5.74) is 2.32. The maximum absolute atomic E-state index is 12.9. The van der Waals surface area contributed by atoms with Crippen LogP contribution in [0.15, 0.2) is 41.7 Å². The summed E-state index contributed by atoms with van der Waals surface area (Å²) in [6, 6.07) is 7.11. The highest BCUT2D eigenvalue weighted by Gasteiger charge is 2.28. The van der Waals surface area contributed by atoms with Gasteiger partial charge in [0.1, 0.15) is 16.4 Å². The average Bonchev–Trinajstić information content (AvgIpc) is 2.94. The number of ether oxygens (including phenoxy) is 2. The number of hydrogen-bond acceptors (Lipinski definition) is 11. The second kappa shape index (κ2) is 12.8. The van der Waals surface area contributed by atoms with Crippen LogP contribution in [0.2, 0.25) is 5.02 Å². The first-order valence-corrected chi connectivity index (χ1v) is 15.8. The van der Waals surface area contributed by atoms with E-state index in [0.29, 0.717) is 37.6 Å². The highest BCUT2D eigenvalue weighted by Crippen LogP contribution is 2.36. The van der Waals surface area contributed by atoms with E-state index in [0.717, 1.165) is 11.3 Å². The smallest absolute Gasteiger partial charge is 0.410 e. The van der Waals surface area contributed by atoms with Gasteiger partial charge in [-0.05, 0) is 65.3 Å². The molecule has 4 rings (SSSR count). The maximum Gasteiger partial charge on any atom is 0.410 e. The molecular formula is C29H38ClN7O5S. The van der Waals surface area contributed by atoms with Gasteiger partial charge in [0.25, 0.3) is 0 Å². The number of sulfone groups is 1. The van der Waals surface area contributed by atoms with Gasteiger partial charge in [-0.15, -0.1) is 0 Å². The number of nitrogens with one attached hydrogen (secondary N) is 2. The Bertz CT molecular complexity index is 1590. The number of anilines is 5. The molecule has 1 aliphatic heterocycles. The number of aromatic nitrogens is 3. The van der Waals surface area contributed by atoms with E-state index in [2.05, 4.69) is 30.5 Å². The van der Waals surface area contributed by atoms with Gasteiger partial charge in [-0.25, -0.2) is 23.2 Å². The highest BCUT2D eigenvalue weighted by molar-refractivity contribution is 7.92. The first-order valence-electron chi connectivity index (χ1n) is 13.9. The molecule has 1 saturated heterocycles. The zero-order valence-electron chi connectivity index (χ0n) is 25.4. The summed E-state index contributed by atoms with van der Waals surface area (Å²) >= 11 is 6.38. The fourth-order valence-electron chi connectivity index (χ4n) is 4.44. The lowest BCUT2D eigenvalue weighted by Gasteiger charge is -2.37. The minimum atomic E-state index is -3.66. The molecule has 0 saturated carbocycles. The third-order valence-corrected chi connectivity index (χ3v) is 9.08. The number of nitrogens with zero attached hydrogens (tertiary/aromatic N) is 5. The van der Waals surface area contributed by atoms with Gasteiger partial charge in [0.05, 0.1) is 29.9 Å². The van der Waals surface area contributed by atoms with E-state index < -0.39 is 20.7 Å².